The van der Waals surface area contributed by atoms with Crippen LogP contribution >= 0.6 is 0 Å². The van der Waals surface area contributed by atoms with Crippen LogP contribution in [0, 0.1) is 5.92 Å². The summed E-state index contributed by atoms with van der Waals surface area (Å²) in [5.74, 6) is 0.666. The molecule has 0 saturated carbocycles. The maximum absolute atomic E-state index is 3.59. The Morgan fingerprint density at radius 1 is 1.13 bits per heavy atom. The van der Waals surface area contributed by atoms with Crippen LogP contribution in [0.1, 0.15) is 39.7 Å². The van der Waals surface area contributed by atoms with Gasteiger partial charge in [-0.1, -0.05) is 45.4 Å². The summed E-state index contributed by atoms with van der Waals surface area (Å²) in [6.07, 6.45) is 2.36. The second kappa shape index (κ2) is 5.79. The minimum Gasteiger partial charge on any atom is -0.382 e. The molecule has 1 atom stereocenters. The molecule has 0 saturated heterocycles. The van der Waals surface area contributed by atoms with Gasteiger partial charge in [-0.3, -0.25) is 0 Å². The lowest BCUT2D eigenvalue weighted by atomic mass is 10.0. The van der Waals surface area contributed by atoms with Crippen LogP contribution in [-0.2, 0) is 6.42 Å². The van der Waals surface area contributed by atoms with Gasteiger partial charge in [-0.2, -0.15) is 0 Å². The number of aryl methyl sites for hydroxylation is 1. The summed E-state index contributed by atoms with van der Waals surface area (Å²) in [5.41, 5.74) is 2.74. The Labute approximate surface area is 93.9 Å². The normalized spacial score (nSPS) is 12.9. The summed E-state index contributed by atoms with van der Waals surface area (Å²) in [6, 6.07) is 9.16. The van der Waals surface area contributed by atoms with E-state index >= 15 is 0 Å². The third-order valence-corrected chi connectivity index (χ3v) is 2.92. The Morgan fingerprint density at radius 2 is 1.80 bits per heavy atom. The number of hydrogen-bond acceptors (Lipinski definition) is 1. The highest BCUT2D eigenvalue weighted by Crippen LogP contribution is 2.19. The number of rotatable bonds is 5. The Bertz CT molecular complexity index is 291. The summed E-state index contributed by atoms with van der Waals surface area (Å²) in [7, 11) is 0. The molecule has 0 fully saturated rings. The molecule has 1 aromatic rings. The van der Waals surface area contributed by atoms with E-state index in [4.69, 9.17) is 0 Å². The molecule has 1 rings (SSSR count). The third kappa shape index (κ3) is 3.58. The predicted octanol–water partition coefficient (Wildman–Crippen LogP) is 4.10. The Hall–Kier alpha value is -0.980. The fourth-order valence-electron chi connectivity index (χ4n) is 1.56. The van der Waals surface area contributed by atoms with Gasteiger partial charge in [0.1, 0.15) is 0 Å². The third-order valence-electron chi connectivity index (χ3n) is 2.92. The molecule has 0 aliphatic rings. The molecule has 84 valence electrons. The first-order valence-electron chi connectivity index (χ1n) is 5.99. The molecule has 15 heavy (non-hydrogen) atoms. The molecule has 0 amide bonds. The van der Waals surface area contributed by atoms with Crippen LogP contribution in [0.5, 0.6) is 0 Å². The summed E-state index contributed by atoms with van der Waals surface area (Å²) in [4.78, 5) is 0. The quantitative estimate of drug-likeness (QED) is 0.763. The largest absolute Gasteiger partial charge is 0.382 e. The van der Waals surface area contributed by atoms with Gasteiger partial charge >= 0.3 is 0 Å². The summed E-state index contributed by atoms with van der Waals surface area (Å²) in [6.45, 7) is 8.97. The molecule has 0 spiro atoms. The van der Waals surface area contributed by atoms with E-state index in [-0.39, 0.29) is 0 Å². The molecule has 1 aromatic carbocycles. The van der Waals surface area contributed by atoms with Crippen molar-refractivity contribution in [1.29, 1.82) is 0 Å². The van der Waals surface area contributed by atoms with E-state index in [1.807, 2.05) is 0 Å². The van der Waals surface area contributed by atoms with Gasteiger partial charge in [0.15, 0.2) is 0 Å². The average molecular weight is 205 g/mol. The van der Waals surface area contributed by atoms with Gasteiger partial charge in [0.2, 0.25) is 0 Å². The van der Waals surface area contributed by atoms with E-state index < -0.39 is 0 Å². The first-order chi connectivity index (χ1) is 7.15. The van der Waals surface area contributed by atoms with E-state index in [0.29, 0.717) is 12.0 Å². The Kier molecular flexibility index (Phi) is 4.67. The molecule has 0 aromatic heterocycles. The summed E-state index contributed by atoms with van der Waals surface area (Å²) >= 11 is 0. The second-order valence-corrected chi connectivity index (χ2v) is 4.58. The van der Waals surface area contributed by atoms with Gasteiger partial charge in [0, 0.05) is 11.7 Å². The highest BCUT2D eigenvalue weighted by Gasteiger charge is 2.08. The van der Waals surface area contributed by atoms with E-state index in [2.05, 4.69) is 57.3 Å². The molecule has 1 nitrogen and oxygen atoms in total. The Balaban J connectivity index is 2.74. The molecule has 0 radical (unpaired) electrons. The van der Waals surface area contributed by atoms with Crippen LogP contribution in [0.25, 0.3) is 0 Å². The van der Waals surface area contributed by atoms with Gasteiger partial charge in [-0.15, -0.1) is 0 Å². The number of hydrogen-bond donors (Lipinski definition) is 1. The lowest BCUT2D eigenvalue weighted by molar-refractivity contribution is 0.559. The van der Waals surface area contributed by atoms with Crippen molar-refractivity contribution in [3.05, 3.63) is 29.8 Å². The molecule has 0 heterocycles. The van der Waals surface area contributed by atoms with Crippen molar-refractivity contribution in [3.8, 4) is 0 Å². The second-order valence-electron chi connectivity index (χ2n) is 4.58. The van der Waals surface area contributed by atoms with Crippen LogP contribution < -0.4 is 5.32 Å². The molecule has 0 aliphatic carbocycles. The SMILES string of the molecule is CCCc1ccccc1NC(C)C(C)C. The smallest absolute Gasteiger partial charge is 0.0374 e. The minimum atomic E-state index is 0.531. The van der Waals surface area contributed by atoms with Gasteiger partial charge in [-0.25, -0.2) is 0 Å². The lowest BCUT2D eigenvalue weighted by Gasteiger charge is -2.21. The predicted molar refractivity (Wildman–Crippen MR) is 68.4 cm³/mol. The highest BCUT2D eigenvalue weighted by molar-refractivity contribution is 5.51. The van der Waals surface area contributed by atoms with Gasteiger partial charge in [0.25, 0.3) is 0 Å². The topological polar surface area (TPSA) is 12.0 Å². The van der Waals surface area contributed by atoms with Gasteiger partial charge in [-0.05, 0) is 30.9 Å². The van der Waals surface area contributed by atoms with Crippen LogP contribution in [-0.4, -0.2) is 6.04 Å². The maximum atomic E-state index is 3.59. The zero-order valence-electron chi connectivity index (χ0n) is 10.4. The van der Waals surface area contributed by atoms with Crippen molar-refractivity contribution in [3.63, 3.8) is 0 Å². The van der Waals surface area contributed by atoms with Crippen LogP contribution in [0.4, 0.5) is 5.69 Å². The number of anilines is 1. The highest BCUT2D eigenvalue weighted by atomic mass is 14.9. The van der Waals surface area contributed by atoms with E-state index in [1.165, 1.54) is 17.7 Å². The zero-order valence-corrected chi connectivity index (χ0v) is 10.4. The fraction of sp³-hybridized carbons (Fsp3) is 0.571. The van der Waals surface area contributed by atoms with Crippen molar-refractivity contribution in [2.45, 2.75) is 46.6 Å². The number of para-hydroxylation sites is 1. The van der Waals surface area contributed by atoms with Crippen molar-refractivity contribution < 1.29 is 0 Å². The zero-order chi connectivity index (χ0) is 11.3. The lowest BCUT2D eigenvalue weighted by Crippen LogP contribution is -2.22. The van der Waals surface area contributed by atoms with Crippen molar-refractivity contribution >= 4 is 5.69 Å². The van der Waals surface area contributed by atoms with Crippen molar-refractivity contribution in [1.82, 2.24) is 0 Å². The van der Waals surface area contributed by atoms with Gasteiger partial charge < -0.3 is 5.32 Å². The van der Waals surface area contributed by atoms with E-state index in [1.54, 1.807) is 0 Å². The molecular weight excluding hydrogens is 182 g/mol. The molecule has 1 unspecified atom stereocenters. The average Bonchev–Trinajstić information content (AvgIpc) is 2.21. The molecule has 1 N–H and O–H groups in total. The number of nitrogens with one attached hydrogen (secondary N) is 1. The number of benzene rings is 1. The first kappa shape index (κ1) is 12.1. The molecule has 0 aliphatic heterocycles. The standard InChI is InChI=1S/C14H23N/c1-5-8-13-9-6-7-10-14(13)15-12(4)11(2)3/h6-7,9-12,15H,5,8H2,1-4H3. The van der Waals surface area contributed by atoms with Crippen LogP contribution in [0.2, 0.25) is 0 Å². The first-order valence-corrected chi connectivity index (χ1v) is 5.99. The maximum Gasteiger partial charge on any atom is 0.0374 e. The van der Waals surface area contributed by atoms with Crippen molar-refractivity contribution in [2.75, 3.05) is 5.32 Å². The monoisotopic (exact) mass is 205 g/mol. The molecular formula is C14H23N. The van der Waals surface area contributed by atoms with Gasteiger partial charge in [0.05, 0.1) is 0 Å². The van der Waals surface area contributed by atoms with Crippen LogP contribution in [0.3, 0.4) is 0 Å². The fourth-order valence-corrected chi connectivity index (χ4v) is 1.56. The molecule has 0 bridgehead atoms. The summed E-state index contributed by atoms with van der Waals surface area (Å²) in [5, 5.41) is 3.59. The molecule has 1 heteroatoms. The van der Waals surface area contributed by atoms with Crippen LogP contribution in [0.15, 0.2) is 24.3 Å². The minimum absolute atomic E-state index is 0.531. The van der Waals surface area contributed by atoms with Crippen molar-refractivity contribution in [2.24, 2.45) is 5.92 Å². The summed E-state index contributed by atoms with van der Waals surface area (Å²) < 4.78 is 0. The Morgan fingerprint density at radius 3 is 2.40 bits per heavy atom. The van der Waals surface area contributed by atoms with E-state index in [0.717, 1.165) is 6.42 Å². The van der Waals surface area contributed by atoms with E-state index in [9.17, 15) is 0 Å².